The standard InChI is InChI=1S/C20H25N3O5/c24-16(21-12-8-15-6-2-1-3-7-15)14-28-17(25)9-13-23-18(26)20(22-19(23)27)10-4-5-11-20/h1-3,6-7H,4-5,8-14H2,(H,21,24)(H,22,27). The van der Waals surface area contributed by atoms with Gasteiger partial charge in [-0.05, 0) is 24.8 Å². The zero-order valence-corrected chi connectivity index (χ0v) is 15.7. The Morgan fingerprint density at radius 3 is 2.57 bits per heavy atom. The summed E-state index contributed by atoms with van der Waals surface area (Å²) in [4.78, 5) is 49.2. The molecule has 2 aliphatic rings. The second-order valence-corrected chi connectivity index (χ2v) is 7.17. The fraction of sp³-hybridized carbons (Fsp3) is 0.500. The first kappa shape index (κ1) is 19.9. The molecule has 1 heterocycles. The lowest BCUT2D eigenvalue weighted by Crippen LogP contribution is -2.44. The number of amides is 4. The molecule has 2 N–H and O–H groups in total. The van der Waals surface area contributed by atoms with Gasteiger partial charge in [0, 0.05) is 13.1 Å². The van der Waals surface area contributed by atoms with E-state index in [1.165, 1.54) is 0 Å². The Hall–Kier alpha value is -2.90. The highest BCUT2D eigenvalue weighted by Gasteiger charge is 2.52. The first-order valence-electron chi connectivity index (χ1n) is 9.60. The van der Waals surface area contributed by atoms with Crippen LogP contribution in [0.3, 0.4) is 0 Å². The molecule has 0 bridgehead atoms. The molecule has 0 unspecified atom stereocenters. The van der Waals surface area contributed by atoms with Crippen molar-refractivity contribution >= 4 is 23.8 Å². The van der Waals surface area contributed by atoms with Gasteiger partial charge in [0.05, 0.1) is 6.42 Å². The molecule has 1 aliphatic carbocycles. The number of urea groups is 1. The SMILES string of the molecule is O=C(COC(=O)CCN1C(=O)NC2(CCCC2)C1=O)NCCc1ccccc1. The predicted molar refractivity (Wildman–Crippen MR) is 100 cm³/mol. The fourth-order valence-electron chi connectivity index (χ4n) is 3.66. The Balaban J connectivity index is 1.34. The summed E-state index contributed by atoms with van der Waals surface area (Å²) in [7, 11) is 0. The van der Waals surface area contributed by atoms with Gasteiger partial charge in [-0.25, -0.2) is 4.79 Å². The predicted octanol–water partition coefficient (Wildman–Crippen LogP) is 1.14. The Labute approximate surface area is 163 Å². The van der Waals surface area contributed by atoms with Gasteiger partial charge in [0.15, 0.2) is 6.61 Å². The number of hydrogen-bond acceptors (Lipinski definition) is 5. The average molecular weight is 387 g/mol. The normalized spacial score (nSPS) is 17.6. The molecule has 1 aliphatic heterocycles. The lowest BCUT2D eigenvalue weighted by atomic mass is 9.98. The van der Waals surface area contributed by atoms with E-state index in [9.17, 15) is 19.2 Å². The summed E-state index contributed by atoms with van der Waals surface area (Å²) >= 11 is 0. The summed E-state index contributed by atoms with van der Waals surface area (Å²) in [5.74, 6) is -1.27. The van der Waals surface area contributed by atoms with Gasteiger partial charge in [-0.1, -0.05) is 43.2 Å². The van der Waals surface area contributed by atoms with Crippen LogP contribution >= 0.6 is 0 Å². The van der Waals surface area contributed by atoms with Crippen LogP contribution < -0.4 is 10.6 Å². The molecule has 2 fully saturated rings. The average Bonchev–Trinajstić information content (AvgIpc) is 3.25. The van der Waals surface area contributed by atoms with Crippen molar-refractivity contribution in [3.63, 3.8) is 0 Å². The van der Waals surface area contributed by atoms with E-state index in [0.29, 0.717) is 25.8 Å². The summed E-state index contributed by atoms with van der Waals surface area (Å²) in [5.41, 5.74) is 0.327. The Bertz CT molecular complexity index is 743. The molecule has 28 heavy (non-hydrogen) atoms. The summed E-state index contributed by atoms with van der Waals surface area (Å²) in [6.07, 6.45) is 3.65. The Kier molecular flexibility index (Phi) is 6.28. The second-order valence-electron chi connectivity index (χ2n) is 7.17. The maximum atomic E-state index is 12.5. The quantitative estimate of drug-likeness (QED) is 0.514. The smallest absolute Gasteiger partial charge is 0.325 e. The minimum absolute atomic E-state index is 0.0408. The number of nitrogens with zero attached hydrogens (tertiary/aromatic N) is 1. The fourth-order valence-corrected chi connectivity index (χ4v) is 3.66. The van der Waals surface area contributed by atoms with Crippen molar-refractivity contribution in [2.45, 2.75) is 44.1 Å². The van der Waals surface area contributed by atoms with E-state index in [0.717, 1.165) is 23.3 Å². The van der Waals surface area contributed by atoms with Gasteiger partial charge >= 0.3 is 12.0 Å². The largest absolute Gasteiger partial charge is 0.456 e. The van der Waals surface area contributed by atoms with Crippen molar-refractivity contribution in [2.75, 3.05) is 19.7 Å². The van der Waals surface area contributed by atoms with Crippen LogP contribution in [-0.2, 0) is 25.5 Å². The zero-order valence-electron chi connectivity index (χ0n) is 15.7. The van der Waals surface area contributed by atoms with Crippen LogP contribution in [0.4, 0.5) is 4.79 Å². The molecule has 0 aromatic heterocycles. The van der Waals surface area contributed by atoms with Crippen LogP contribution in [0.25, 0.3) is 0 Å². The van der Waals surface area contributed by atoms with Crippen molar-refractivity contribution in [3.05, 3.63) is 35.9 Å². The third kappa shape index (κ3) is 4.68. The summed E-state index contributed by atoms with van der Waals surface area (Å²) in [6, 6.07) is 9.26. The van der Waals surface area contributed by atoms with E-state index < -0.39 is 17.5 Å². The van der Waals surface area contributed by atoms with E-state index in [1.54, 1.807) is 0 Å². The monoisotopic (exact) mass is 387 g/mol. The molecule has 0 radical (unpaired) electrons. The van der Waals surface area contributed by atoms with Crippen LogP contribution in [0.5, 0.6) is 0 Å². The van der Waals surface area contributed by atoms with Crippen LogP contribution in [-0.4, -0.2) is 54.0 Å². The molecule has 4 amide bonds. The topological polar surface area (TPSA) is 105 Å². The van der Waals surface area contributed by atoms with Crippen molar-refractivity contribution in [1.29, 1.82) is 0 Å². The molecule has 8 heteroatoms. The van der Waals surface area contributed by atoms with E-state index in [-0.39, 0.29) is 31.4 Å². The number of nitrogens with one attached hydrogen (secondary N) is 2. The highest BCUT2D eigenvalue weighted by Crippen LogP contribution is 2.34. The molecule has 0 atom stereocenters. The lowest BCUT2D eigenvalue weighted by Gasteiger charge is -2.19. The minimum atomic E-state index is -0.778. The molecule has 150 valence electrons. The van der Waals surface area contributed by atoms with Gasteiger partial charge in [-0.2, -0.15) is 0 Å². The number of ether oxygens (including phenoxy) is 1. The molecule has 3 rings (SSSR count). The molecule has 1 saturated carbocycles. The Morgan fingerprint density at radius 1 is 1.14 bits per heavy atom. The van der Waals surface area contributed by atoms with Crippen molar-refractivity contribution in [3.8, 4) is 0 Å². The van der Waals surface area contributed by atoms with Crippen LogP contribution in [0.1, 0.15) is 37.7 Å². The van der Waals surface area contributed by atoms with Crippen LogP contribution in [0.15, 0.2) is 30.3 Å². The van der Waals surface area contributed by atoms with E-state index in [1.807, 2.05) is 30.3 Å². The second kappa shape index (κ2) is 8.86. The van der Waals surface area contributed by atoms with Gasteiger partial charge < -0.3 is 15.4 Å². The van der Waals surface area contributed by atoms with Crippen molar-refractivity contribution in [2.24, 2.45) is 0 Å². The third-order valence-electron chi connectivity index (χ3n) is 5.19. The number of carbonyl (C=O) groups is 4. The first-order chi connectivity index (χ1) is 13.5. The van der Waals surface area contributed by atoms with Gasteiger partial charge in [-0.15, -0.1) is 0 Å². The highest BCUT2D eigenvalue weighted by atomic mass is 16.5. The first-order valence-corrected chi connectivity index (χ1v) is 9.60. The van der Waals surface area contributed by atoms with Gasteiger partial charge in [0.1, 0.15) is 5.54 Å². The van der Waals surface area contributed by atoms with Crippen LogP contribution in [0.2, 0.25) is 0 Å². The zero-order chi connectivity index (χ0) is 20.0. The van der Waals surface area contributed by atoms with E-state index in [2.05, 4.69) is 10.6 Å². The minimum Gasteiger partial charge on any atom is -0.456 e. The van der Waals surface area contributed by atoms with E-state index in [4.69, 9.17) is 4.74 Å². The summed E-state index contributed by atoms with van der Waals surface area (Å²) in [5, 5.41) is 5.45. The van der Waals surface area contributed by atoms with Gasteiger partial charge in [0.2, 0.25) is 0 Å². The lowest BCUT2D eigenvalue weighted by molar-refractivity contribution is -0.149. The number of rotatable bonds is 8. The molecule has 1 saturated heterocycles. The van der Waals surface area contributed by atoms with Crippen molar-refractivity contribution < 1.29 is 23.9 Å². The highest BCUT2D eigenvalue weighted by molar-refractivity contribution is 6.07. The number of imide groups is 1. The maximum absolute atomic E-state index is 12.5. The van der Waals surface area contributed by atoms with Gasteiger partial charge in [0.25, 0.3) is 11.8 Å². The summed E-state index contributed by atoms with van der Waals surface area (Å²) in [6.45, 7) is 0.0313. The molecule has 1 aromatic carbocycles. The molecular weight excluding hydrogens is 362 g/mol. The number of esters is 1. The van der Waals surface area contributed by atoms with Crippen LogP contribution in [0, 0.1) is 0 Å². The number of carbonyl (C=O) groups excluding carboxylic acids is 4. The molecular formula is C20H25N3O5. The summed E-state index contributed by atoms with van der Waals surface area (Å²) < 4.78 is 4.93. The Morgan fingerprint density at radius 2 is 1.86 bits per heavy atom. The number of benzene rings is 1. The third-order valence-corrected chi connectivity index (χ3v) is 5.19. The van der Waals surface area contributed by atoms with Crippen molar-refractivity contribution in [1.82, 2.24) is 15.5 Å². The molecule has 8 nitrogen and oxygen atoms in total. The number of hydrogen-bond donors (Lipinski definition) is 2. The van der Waals surface area contributed by atoms with Gasteiger partial charge in [-0.3, -0.25) is 19.3 Å². The molecule has 1 spiro atoms. The molecule has 1 aromatic rings. The van der Waals surface area contributed by atoms with E-state index >= 15 is 0 Å². The maximum Gasteiger partial charge on any atom is 0.325 e.